The van der Waals surface area contributed by atoms with Crippen LogP contribution in [0.4, 0.5) is 4.79 Å². The minimum Gasteiger partial charge on any atom is -0.481 e. The molecule has 0 saturated carbocycles. The average Bonchev–Trinajstić information content (AvgIpc) is 2.22. The lowest BCUT2D eigenvalue weighted by molar-refractivity contribution is -0.126. The van der Waals surface area contributed by atoms with E-state index in [0.29, 0.717) is 5.75 Å². The summed E-state index contributed by atoms with van der Waals surface area (Å²) in [5.41, 5.74) is 5.83. The van der Waals surface area contributed by atoms with Gasteiger partial charge in [-0.05, 0) is 37.6 Å². The molecule has 0 spiro atoms. The molecular weight excluding hydrogens is 288 g/mol. The molecule has 0 fully saturated rings. The van der Waals surface area contributed by atoms with Gasteiger partial charge in [-0.3, -0.25) is 10.1 Å². The van der Waals surface area contributed by atoms with Gasteiger partial charge in [-0.2, -0.15) is 0 Å². The number of nitrogens with two attached hydrogens (primary N) is 1. The lowest BCUT2D eigenvalue weighted by atomic mass is 10.2. The van der Waals surface area contributed by atoms with Crippen molar-refractivity contribution in [2.75, 3.05) is 0 Å². The topological polar surface area (TPSA) is 81.4 Å². The van der Waals surface area contributed by atoms with E-state index in [1.165, 1.54) is 6.92 Å². The number of primary amides is 1. The van der Waals surface area contributed by atoms with Crippen LogP contribution in [0.2, 0.25) is 0 Å². The smallest absolute Gasteiger partial charge is 0.318 e. The zero-order valence-electron chi connectivity index (χ0n) is 9.49. The summed E-state index contributed by atoms with van der Waals surface area (Å²) in [4.78, 5) is 21.9. The molecule has 0 saturated heterocycles. The summed E-state index contributed by atoms with van der Waals surface area (Å²) in [7, 11) is 0. The first-order chi connectivity index (χ1) is 7.90. The van der Waals surface area contributed by atoms with E-state index in [2.05, 4.69) is 15.9 Å². The second-order valence-corrected chi connectivity index (χ2v) is 4.38. The van der Waals surface area contributed by atoms with Crippen molar-refractivity contribution in [2.45, 2.75) is 20.0 Å². The third-order valence-corrected chi connectivity index (χ3v) is 2.95. The molecule has 0 heterocycles. The molecule has 0 aliphatic carbocycles. The minimum atomic E-state index is -0.891. The van der Waals surface area contributed by atoms with Crippen molar-refractivity contribution in [2.24, 2.45) is 5.73 Å². The molecule has 6 heteroatoms. The van der Waals surface area contributed by atoms with Crippen LogP contribution in [0, 0.1) is 6.92 Å². The summed E-state index contributed by atoms with van der Waals surface area (Å²) in [5, 5.41) is 1.95. The van der Waals surface area contributed by atoms with Crippen LogP contribution in [-0.4, -0.2) is 18.0 Å². The molecule has 0 aliphatic heterocycles. The highest BCUT2D eigenvalue weighted by molar-refractivity contribution is 9.10. The lowest BCUT2D eigenvalue weighted by Crippen LogP contribution is -2.42. The number of carbonyl (C=O) groups is 2. The molecule has 1 aromatic carbocycles. The molecule has 17 heavy (non-hydrogen) atoms. The fourth-order valence-electron chi connectivity index (χ4n) is 1.17. The largest absolute Gasteiger partial charge is 0.481 e. The molecule has 3 N–H and O–H groups in total. The Hall–Kier alpha value is -1.56. The third-order valence-electron chi connectivity index (χ3n) is 2.06. The Morgan fingerprint density at radius 3 is 2.65 bits per heavy atom. The summed E-state index contributed by atoms with van der Waals surface area (Å²) in [6, 6.07) is 4.45. The van der Waals surface area contributed by atoms with Crippen LogP contribution in [0.15, 0.2) is 22.7 Å². The fraction of sp³-hybridized carbons (Fsp3) is 0.273. The number of amides is 3. The number of nitrogens with one attached hydrogen (secondary N) is 1. The maximum Gasteiger partial charge on any atom is 0.318 e. The van der Waals surface area contributed by atoms with E-state index in [4.69, 9.17) is 10.5 Å². The van der Waals surface area contributed by atoms with Crippen molar-refractivity contribution >= 4 is 27.9 Å². The molecule has 1 unspecified atom stereocenters. The van der Waals surface area contributed by atoms with E-state index in [-0.39, 0.29) is 0 Å². The second-order valence-electron chi connectivity index (χ2n) is 3.52. The number of ether oxygens (including phenoxy) is 1. The number of benzene rings is 1. The van der Waals surface area contributed by atoms with Crippen LogP contribution in [0.25, 0.3) is 0 Å². The van der Waals surface area contributed by atoms with Gasteiger partial charge in [0.1, 0.15) is 5.75 Å². The molecule has 0 bridgehead atoms. The van der Waals surface area contributed by atoms with Crippen LogP contribution in [0.1, 0.15) is 12.5 Å². The van der Waals surface area contributed by atoms with Crippen LogP contribution >= 0.6 is 15.9 Å². The van der Waals surface area contributed by atoms with Crippen molar-refractivity contribution < 1.29 is 14.3 Å². The summed E-state index contributed by atoms with van der Waals surface area (Å²) in [5.74, 6) is -0.0177. The van der Waals surface area contributed by atoms with Crippen molar-refractivity contribution in [3.63, 3.8) is 0 Å². The maximum absolute atomic E-state index is 11.4. The van der Waals surface area contributed by atoms with Gasteiger partial charge >= 0.3 is 6.03 Å². The zero-order valence-corrected chi connectivity index (χ0v) is 11.1. The predicted molar refractivity (Wildman–Crippen MR) is 66.7 cm³/mol. The number of aryl methyl sites for hydroxylation is 1. The first kappa shape index (κ1) is 13.5. The highest BCUT2D eigenvalue weighted by atomic mass is 79.9. The summed E-state index contributed by atoms with van der Waals surface area (Å²) >= 11 is 3.36. The normalized spacial score (nSPS) is 11.7. The number of imide groups is 1. The fourth-order valence-corrected chi connectivity index (χ4v) is 1.42. The predicted octanol–water partition coefficient (Wildman–Crippen LogP) is 1.72. The first-order valence-corrected chi connectivity index (χ1v) is 5.72. The molecule has 1 atom stereocenters. The van der Waals surface area contributed by atoms with Gasteiger partial charge in [-0.1, -0.05) is 15.9 Å². The minimum absolute atomic E-state index is 0.554. The zero-order chi connectivity index (χ0) is 13.0. The van der Waals surface area contributed by atoms with Crippen molar-refractivity contribution in [3.05, 3.63) is 28.2 Å². The Balaban J connectivity index is 2.67. The Kier molecular flexibility index (Phi) is 4.51. The van der Waals surface area contributed by atoms with Gasteiger partial charge in [0.15, 0.2) is 6.10 Å². The molecule has 1 aromatic rings. The molecule has 5 nitrogen and oxygen atoms in total. The van der Waals surface area contributed by atoms with Gasteiger partial charge in [-0.15, -0.1) is 0 Å². The van der Waals surface area contributed by atoms with E-state index in [1.807, 2.05) is 18.3 Å². The maximum atomic E-state index is 11.4. The Bertz CT molecular complexity index is 448. The van der Waals surface area contributed by atoms with Crippen molar-refractivity contribution in [1.29, 1.82) is 0 Å². The monoisotopic (exact) mass is 300 g/mol. The number of hydrogen-bond acceptors (Lipinski definition) is 3. The summed E-state index contributed by atoms with van der Waals surface area (Å²) in [6.45, 7) is 3.45. The highest BCUT2D eigenvalue weighted by Gasteiger charge is 2.16. The van der Waals surface area contributed by atoms with Gasteiger partial charge in [0.2, 0.25) is 0 Å². The number of hydrogen-bond donors (Lipinski definition) is 2. The van der Waals surface area contributed by atoms with Crippen molar-refractivity contribution in [1.82, 2.24) is 5.32 Å². The van der Waals surface area contributed by atoms with Gasteiger partial charge in [-0.25, -0.2) is 4.79 Å². The standard InChI is InChI=1S/C11H13BrN2O3/c1-6-5-8(3-4-9(6)12)17-7(2)10(15)14-11(13)16/h3-5,7H,1-2H3,(H3,13,14,15,16). The van der Waals surface area contributed by atoms with Gasteiger partial charge in [0, 0.05) is 4.47 Å². The Morgan fingerprint density at radius 2 is 2.12 bits per heavy atom. The molecule has 3 amide bonds. The van der Waals surface area contributed by atoms with Gasteiger partial charge < -0.3 is 10.5 Å². The molecule has 0 radical (unpaired) electrons. The SMILES string of the molecule is Cc1cc(OC(C)C(=O)NC(N)=O)ccc1Br. The average molecular weight is 301 g/mol. The van der Waals surface area contributed by atoms with Crippen LogP contribution < -0.4 is 15.8 Å². The van der Waals surface area contributed by atoms with Crippen LogP contribution in [-0.2, 0) is 4.79 Å². The number of rotatable bonds is 3. The highest BCUT2D eigenvalue weighted by Crippen LogP contribution is 2.22. The lowest BCUT2D eigenvalue weighted by Gasteiger charge is -2.14. The molecule has 0 aromatic heterocycles. The first-order valence-electron chi connectivity index (χ1n) is 4.93. The summed E-state index contributed by atoms with van der Waals surface area (Å²) < 4.78 is 6.33. The number of carbonyl (C=O) groups excluding carboxylic acids is 2. The molecule has 1 rings (SSSR count). The Morgan fingerprint density at radius 1 is 1.47 bits per heavy atom. The quantitative estimate of drug-likeness (QED) is 0.892. The Labute approximate surface area is 107 Å². The van der Waals surface area contributed by atoms with Crippen LogP contribution in [0.3, 0.4) is 0 Å². The van der Waals surface area contributed by atoms with E-state index >= 15 is 0 Å². The van der Waals surface area contributed by atoms with Gasteiger partial charge in [0.25, 0.3) is 5.91 Å². The number of urea groups is 1. The van der Waals surface area contributed by atoms with E-state index in [0.717, 1.165) is 10.0 Å². The molecular formula is C11H13BrN2O3. The molecule has 92 valence electrons. The number of halogens is 1. The van der Waals surface area contributed by atoms with Crippen molar-refractivity contribution in [3.8, 4) is 5.75 Å². The van der Waals surface area contributed by atoms with Crippen LogP contribution in [0.5, 0.6) is 5.75 Å². The molecule has 0 aliphatic rings. The van der Waals surface area contributed by atoms with Gasteiger partial charge in [0.05, 0.1) is 0 Å². The second kappa shape index (κ2) is 5.67. The third kappa shape index (κ3) is 4.07. The van der Waals surface area contributed by atoms with E-state index in [9.17, 15) is 9.59 Å². The van der Waals surface area contributed by atoms with E-state index < -0.39 is 18.0 Å². The summed E-state index contributed by atoms with van der Waals surface area (Å²) in [6.07, 6.45) is -0.789. The van der Waals surface area contributed by atoms with E-state index in [1.54, 1.807) is 12.1 Å².